The number of para-hydroxylation sites is 1. The van der Waals surface area contributed by atoms with Crippen molar-refractivity contribution < 1.29 is 9.59 Å². The molecule has 1 aromatic heterocycles. The first-order valence-corrected chi connectivity index (χ1v) is 9.27. The number of rotatable bonds is 5. The van der Waals surface area contributed by atoms with Crippen molar-refractivity contribution in [2.24, 2.45) is 0 Å². The van der Waals surface area contributed by atoms with Crippen LogP contribution in [0.1, 0.15) is 16.1 Å². The maximum atomic E-state index is 12.5. The summed E-state index contributed by atoms with van der Waals surface area (Å²) < 4.78 is 2.41. The van der Waals surface area contributed by atoms with Gasteiger partial charge in [0.2, 0.25) is 5.91 Å². The van der Waals surface area contributed by atoms with Gasteiger partial charge in [-0.1, -0.05) is 45.7 Å². The summed E-state index contributed by atoms with van der Waals surface area (Å²) in [6, 6.07) is 16.4. The van der Waals surface area contributed by atoms with Gasteiger partial charge < -0.3 is 10.6 Å². The average Bonchev–Trinajstić information content (AvgIpc) is 2.97. The molecule has 2 amide bonds. The Bertz CT molecular complexity index is 971. The lowest BCUT2D eigenvalue weighted by molar-refractivity contribution is -0.115. The van der Waals surface area contributed by atoms with E-state index < -0.39 is 5.91 Å². The summed E-state index contributed by atoms with van der Waals surface area (Å²) in [5.41, 5.74) is 2.12. The summed E-state index contributed by atoms with van der Waals surface area (Å²) in [6.45, 7) is 1.52. The van der Waals surface area contributed by atoms with Crippen LogP contribution in [0, 0.1) is 6.92 Å². The van der Waals surface area contributed by atoms with Crippen molar-refractivity contribution in [3.63, 3.8) is 0 Å². The van der Waals surface area contributed by atoms with E-state index in [-0.39, 0.29) is 23.2 Å². The van der Waals surface area contributed by atoms with Crippen LogP contribution in [0.2, 0.25) is 5.15 Å². The van der Waals surface area contributed by atoms with E-state index in [9.17, 15) is 9.59 Å². The van der Waals surface area contributed by atoms with Gasteiger partial charge in [-0.05, 0) is 43.3 Å². The molecule has 3 rings (SSSR count). The van der Waals surface area contributed by atoms with Crippen LogP contribution in [0.4, 0.5) is 5.69 Å². The normalized spacial score (nSPS) is 10.5. The van der Waals surface area contributed by atoms with Crippen molar-refractivity contribution in [2.75, 3.05) is 11.9 Å². The molecule has 0 fully saturated rings. The minimum Gasteiger partial charge on any atom is -0.343 e. The molecule has 6 nitrogen and oxygen atoms in total. The number of benzene rings is 2. The fourth-order valence-electron chi connectivity index (χ4n) is 2.48. The zero-order chi connectivity index (χ0) is 19.4. The molecule has 0 unspecified atom stereocenters. The SMILES string of the molecule is Cc1nn(-c2ccccc2)c(Cl)c1C(=O)NCC(=O)Nc1ccc(Br)cc1. The summed E-state index contributed by atoms with van der Waals surface area (Å²) in [5, 5.41) is 9.81. The third-order valence-electron chi connectivity index (χ3n) is 3.77. The van der Waals surface area contributed by atoms with E-state index in [1.54, 1.807) is 19.1 Å². The second kappa shape index (κ2) is 8.37. The van der Waals surface area contributed by atoms with Crippen LogP contribution in [-0.4, -0.2) is 28.1 Å². The van der Waals surface area contributed by atoms with Crippen molar-refractivity contribution in [1.82, 2.24) is 15.1 Å². The number of nitrogens with one attached hydrogen (secondary N) is 2. The highest BCUT2D eigenvalue weighted by Crippen LogP contribution is 2.23. The van der Waals surface area contributed by atoms with Gasteiger partial charge >= 0.3 is 0 Å². The zero-order valence-corrected chi connectivity index (χ0v) is 16.7. The molecule has 138 valence electrons. The second-order valence-corrected chi connectivity index (χ2v) is 7.01. The number of carbonyl (C=O) groups is 2. The van der Waals surface area contributed by atoms with Crippen LogP contribution < -0.4 is 10.6 Å². The number of halogens is 2. The Labute approximate surface area is 169 Å². The topological polar surface area (TPSA) is 76.0 Å². The molecule has 0 aliphatic carbocycles. The van der Waals surface area contributed by atoms with Gasteiger partial charge in [0.1, 0.15) is 5.15 Å². The fourth-order valence-corrected chi connectivity index (χ4v) is 3.11. The van der Waals surface area contributed by atoms with Crippen molar-refractivity contribution in [3.8, 4) is 5.69 Å². The van der Waals surface area contributed by atoms with Crippen molar-refractivity contribution in [3.05, 3.63) is 75.5 Å². The quantitative estimate of drug-likeness (QED) is 0.621. The predicted molar refractivity (Wildman–Crippen MR) is 108 cm³/mol. The Morgan fingerprint density at radius 2 is 1.78 bits per heavy atom. The molecular weight excluding hydrogens is 432 g/mol. The van der Waals surface area contributed by atoms with Gasteiger partial charge in [-0.25, -0.2) is 4.68 Å². The fraction of sp³-hybridized carbons (Fsp3) is 0.105. The minimum atomic E-state index is -0.453. The first kappa shape index (κ1) is 19.1. The molecule has 0 aliphatic heterocycles. The van der Waals surface area contributed by atoms with Crippen LogP contribution in [0.25, 0.3) is 5.69 Å². The molecule has 2 N–H and O–H groups in total. The molecule has 0 aliphatic rings. The van der Waals surface area contributed by atoms with Crippen molar-refractivity contribution in [1.29, 1.82) is 0 Å². The van der Waals surface area contributed by atoms with Gasteiger partial charge in [0.15, 0.2) is 0 Å². The smallest absolute Gasteiger partial charge is 0.256 e. The molecule has 1 heterocycles. The Hall–Kier alpha value is -2.64. The summed E-state index contributed by atoms with van der Waals surface area (Å²) in [5.74, 6) is -0.791. The molecule has 3 aromatic rings. The van der Waals surface area contributed by atoms with Gasteiger partial charge in [-0.15, -0.1) is 0 Å². The highest BCUT2D eigenvalue weighted by atomic mass is 79.9. The van der Waals surface area contributed by atoms with Crippen LogP contribution in [0.3, 0.4) is 0 Å². The monoisotopic (exact) mass is 446 g/mol. The number of anilines is 1. The van der Waals surface area contributed by atoms with E-state index in [0.29, 0.717) is 11.4 Å². The summed E-state index contributed by atoms with van der Waals surface area (Å²) in [4.78, 5) is 24.5. The number of hydrogen-bond donors (Lipinski definition) is 2. The highest BCUT2D eigenvalue weighted by molar-refractivity contribution is 9.10. The molecule has 8 heteroatoms. The number of hydrogen-bond acceptors (Lipinski definition) is 3. The second-order valence-electron chi connectivity index (χ2n) is 5.74. The molecule has 0 radical (unpaired) electrons. The summed E-state index contributed by atoms with van der Waals surface area (Å²) >= 11 is 9.68. The average molecular weight is 448 g/mol. The predicted octanol–water partition coefficient (Wildman–Crippen LogP) is 3.97. The number of amides is 2. The third kappa shape index (κ3) is 4.56. The van der Waals surface area contributed by atoms with Crippen LogP contribution in [0.5, 0.6) is 0 Å². The van der Waals surface area contributed by atoms with Gasteiger partial charge in [0.25, 0.3) is 5.91 Å². The number of aromatic nitrogens is 2. The minimum absolute atomic E-state index is 0.179. The van der Waals surface area contributed by atoms with E-state index in [2.05, 4.69) is 31.7 Å². The molecule has 0 bridgehead atoms. The number of carbonyl (C=O) groups excluding carboxylic acids is 2. The molecule has 2 aromatic carbocycles. The van der Waals surface area contributed by atoms with Gasteiger partial charge in [-0.2, -0.15) is 5.10 Å². The lowest BCUT2D eigenvalue weighted by Gasteiger charge is -2.07. The van der Waals surface area contributed by atoms with E-state index >= 15 is 0 Å². The molecule has 0 spiro atoms. The van der Waals surface area contributed by atoms with E-state index in [0.717, 1.165) is 10.2 Å². The standard InChI is InChI=1S/C19H16BrClN4O2/c1-12-17(18(21)25(24-12)15-5-3-2-4-6-15)19(27)22-11-16(26)23-14-9-7-13(20)8-10-14/h2-10H,11H2,1H3,(H,22,27)(H,23,26). The first-order chi connectivity index (χ1) is 13.0. The van der Waals surface area contributed by atoms with Crippen LogP contribution in [0.15, 0.2) is 59.1 Å². The van der Waals surface area contributed by atoms with Gasteiger partial charge in [0.05, 0.1) is 23.5 Å². The summed E-state index contributed by atoms with van der Waals surface area (Å²) in [7, 11) is 0. The molecule has 27 heavy (non-hydrogen) atoms. The van der Waals surface area contributed by atoms with Crippen LogP contribution in [-0.2, 0) is 4.79 Å². The maximum Gasteiger partial charge on any atom is 0.256 e. The molecule has 0 atom stereocenters. The summed E-state index contributed by atoms with van der Waals surface area (Å²) in [6.07, 6.45) is 0. The van der Waals surface area contributed by atoms with E-state index in [1.165, 1.54) is 4.68 Å². The number of aryl methyl sites for hydroxylation is 1. The maximum absolute atomic E-state index is 12.5. The molecular formula is C19H16BrClN4O2. The first-order valence-electron chi connectivity index (χ1n) is 8.10. The Morgan fingerprint density at radius 3 is 2.44 bits per heavy atom. The van der Waals surface area contributed by atoms with Crippen molar-refractivity contribution in [2.45, 2.75) is 6.92 Å². The lowest BCUT2D eigenvalue weighted by atomic mass is 10.2. The lowest BCUT2D eigenvalue weighted by Crippen LogP contribution is -2.33. The van der Waals surface area contributed by atoms with Gasteiger partial charge in [0, 0.05) is 10.2 Å². The number of nitrogens with zero attached hydrogens (tertiary/aromatic N) is 2. The Kier molecular flexibility index (Phi) is 5.93. The van der Waals surface area contributed by atoms with Crippen LogP contribution >= 0.6 is 27.5 Å². The third-order valence-corrected chi connectivity index (χ3v) is 4.65. The highest BCUT2D eigenvalue weighted by Gasteiger charge is 2.21. The molecule has 0 saturated carbocycles. The van der Waals surface area contributed by atoms with E-state index in [4.69, 9.17) is 11.6 Å². The largest absolute Gasteiger partial charge is 0.343 e. The Balaban J connectivity index is 1.67. The zero-order valence-electron chi connectivity index (χ0n) is 14.4. The molecule has 0 saturated heterocycles. The van der Waals surface area contributed by atoms with Gasteiger partial charge in [-0.3, -0.25) is 9.59 Å². The van der Waals surface area contributed by atoms with E-state index in [1.807, 2.05) is 42.5 Å². The van der Waals surface area contributed by atoms with Crippen molar-refractivity contribution >= 4 is 45.0 Å². The Morgan fingerprint density at radius 1 is 1.11 bits per heavy atom.